The fourth-order valence-electron chi connectivity index (χ4n) is 3.00. The number of hydrogen-bond donors (Lipinski definition) is 2. The van der Waals surface area contributed by atoms with Crippen molar-refractivity contribution in [3.8, 4) is 0 Å². The number of ketones is 1. The van der Waals surface area contributed by atoms with E-state index < -0.39 is 6.10 Å². The third kappa shape index (κ3) is 4.10. The minimum atomic E-state index is -0.701. The average Bonchev–Trinajstić information content (AvgIpc) is 3.27. The molecule has 1 heterocycles. The van der Waals surface area contributed by atoms with E-state index in [1.54, 1.807) is 0 Å². The number of aliphatic hydroxyl groups is 1. The summed E-state index contributed by atoms with van der Waals surface area (Å²) in [4.78, 5) is 24.1. The number of aliphatic hydroxyl groups excluding tert-OH is 1. The first-order chi connectivity index (χ1) is 11.6. The van der Waals surface area contributed by atoms with Gasteiger partial charge in [-0.25, -0.2) is 0 Å². The minimum absolute atomic E-state index is 0.00164. The van der Waals surface area contributed by atoms with E-state index in [0.717, 1.165) is 24.8 Å². The van der Waals surface area contributed by atoms with Gasteiger partial charge in [-0.3, -0.25) is 9.59 Å². The van der Waals surface area contributed by atoms with Crippen molar-refractivity contribution in [3.05, 3.63) is 57.3 Å². The molecular weight excluding hydrogens is 322 g/mol. The van der Waals surface area contributed by atoms with Crippen LogP contribution in [0.2, 0.25) is 0 Å². The molecule has 3 rings (SSSR count). The molecule has 5 heteroatoms. The van der Waals surface area contributed by atoms with Crippen LogP contribution in [0.4, 0.5) is 0 Å². The van der Waals surface area contributed by atoms with Gasteiger partial charge in [-0.1, -0.05) is 12.1 Å². The van der Waals surface area contributed by atoms with E-state index in [2.05, 4.69) is 5.32 Å². The van der Waals surface area contributed by atoms with Crippen LogP contribution in [0.25, 0.3) is 0 Å². The predicted molar refractivity (Wildman–Crippen MR) is 94.3 cm³/mol. The Morgan fingerprint density at radius 1 is 1.17 bits per heavy atom. The van der Waals surface area contributed by atoms with Crippen molar-refractivity contribution < 1.29 is 14.7 Å². The van der Waals surface area contributed by atoms with Crippen molar-refractivity contribution in [2.75, 3.05) is 6.54 Å². The number of thiophene rings is 1. The van der Waals surface area contributed by atoms with E-state index in [1.807, 2.05) is 35.0 Å². The van der Waals surface area contributed by atoms with E-state index in [-0.39, 0.29) is 31.1 Å². The lowest BCUT2D eigenvalue weighted by Crippen LogP contribution is -2.28. The smallest absolute Gasteiger partial charge is 0.220 e. The highest BCUT2D eigenvalue weighted by molar-refractivity contribution is 7.07. The van der Waals surface area contributed by atoms with Crippen LogP contribution in [0.3, 0.4) is 0 Å². The first-order valence-corrected chi connectivity index (χ1v) is 9.19. The highest BCUT2D eigenvalue weighted by atomic mass is 32.1. The van der Waals surface area contributed by atoms with Crippen LogP contribution in [-0.4, -0.2) is 23.3 Å². The molecule has 0 saturated heterocycles. The molecule has 0 radical (unpaired) electrons. The number of hydrogen-bond acceptors (Lipinski definition) is 4. The molecule has 1 unspecified atom stereocenters. The number of aryl methyl sites for hydroxylation is 2. The van der Waals surface area contributed by atoms with Crippen molar-refractivity contribution in [2.24, 2.45) is 0 Å². The highest BCUT2D eigenvalue weighted by Gasteiger charge is 2.15. The molecule has 1 aromatic carbocycles. The van der Waals surface area contributed by atoms with Gasteiger partial charge < -0.3 is 10.4 Å². The zero-order chi connectivity index (χ0) is 16.9. The van der Waals surface area contributed by atoms with Crippen molar-refractivity contribution in [2.45, 2.75) is 38.2 Å². The maximum Gasteiger partial charge on any atom is 0.220 e. The van der Waals surface area contributed by atoms with E-state index in [4.69, 9.17) is 0 Å². The largest absolute Gasteiger partial charge is 0.387 e. The molecule has 126 valence electrons. The fraction of sp³-hybridized carbons (Fsp3) is 0.368. The van der Waals surface area contributed by atoms with E-state index >= 15 is 0 Å². The molecule has 2 aromatic rings. The van der Waals surface area contributed by atoms with Crippen LogP contribution in [-0.2, 0) is 17.6 Å². The molecule has 1 aromatic heterocycles. The van der Waals surface area contributed by atoms with Gasteiger partial charge in [0, 0.05) is 24.9 Å². The topological polar surface area (TPSA) is 66.4 Å². The Bertz CT molecular complexity index is 724. The number of carbonyl (C=O) groups is 2. The molecule has 0 aliphatic heterocycles. The number of Topliss-reactive ketones (excluding diaryl/α,β-unsaturated/α-hetero) is 1. The Morgan fingerprint density at radius 2 is 2.00 bits per heavy atom. The normalized spacial score (nSPS) is 14.2. The molecule has 24 heavy (non-hydrogen) atoms. The van der Waals surface area contributed by atoms with E-state index in [1.165, 1.54) is 22.5 Å². The van der Waals surface area contributed by atoms with Crippen LogP contribution in [0.1, 0.15) is 52.4 Å². The summed E-state index contributed by atoms with van der Waals surface area (Å²) in [6, 6.07) is 7.71. The zero-order valence-corrected chi connectivity index (χ0v) is 14.3. The fourth-order valence-corrected chi connectivity index (χ4v) is 3.71. The monoisotopic (exact) mass is 343 g/mol. The molecular formula is C19H21NO3S. The molecule has 0 bridgehead atoms. The van der Waals surface area contributed by atoms with Crippen molar-refractivity contribution in [3.63, 3.8) is 0 Å². The number of rotatable bonds is 7. The molecule has 0 fully saturated rings. The second kappa shape index (κ2) is 7.73. The van der Waals surface area contributed by atoms with Gasteiger partial charge in [0.15, 0.2) is 5.78 Å². The first kappa shape index (κ1) is 16.9. The summed E-state index contributed by atoms with van der Waals surface area (Å²) in [5.41, 5.74) is 4.10. The van der Waals surface area contributed by atoms with Gasteiger partial charge in [-0.2, -0.15) is 11.3 Å². The second-order valence-corrected chi connectivity index (χ2v) is 6.92. The van der Waals surface area contributed by atoms with Gasteiger partial charge in [-0.05, 0) is 58.8 Å². The van der Waals surface area contributed by atoms with Crippen LogP contribution >= 0.6 is 11.3 Å². The molecule has 2 N–H and O–H groups in total. The maximum absolute atomic E-state index is 12.2. The van der Waals surface area contributed by atoms with Crippen molar-refractivity contribution in [1.29, 1.82) is 0 Å². The van der Waals surface area contributed by atoms with E-state index in [9.17, 15) is 14.7 Å². The molecule has 1 aliphatic rings. The molecule has 0 spiro atoms. The van der Waals surface area contributed by atoms with Gasteiger partial charge in [0.05, 0.1) is 6.10 Å². The van der Waals surface area contributed by atoms with Gasteiger partial charge in [0.25, 0.3) is 0 Å². The summed E-state index contributed by atoms with van der Waals surface area (Å²) in [7, 11) is 0. The molecule has 4 nitrogen and oxygen atoms in total. The number of fused-ring (bicyclic) bond motifs is 1. The second-order valence-electron chi connectivity index (χ2n) is 6.14. The number of nitrogens with one attached hydrogen (secondary N) is 1. The van der Waals surface area contributed by atoms with Crippen LogP contribution in [0.15, 0.2) is 35.0 Å². The Balaban J connectivity index is 1.45. The summed E-state index contributed by atoms with van der Waals surface area (Å²) >= 11 is 1.50. The van der Waals surface area contributed by atoms with Gasteiger partial charge in [-0.15, -0.1) is 0 Å². The SMILES string of the molecule is O=C(CCC(=O)c1ccc2c(c1)CCC2)NCC(O)c1ccsc1. The van der Waals surface area contributed by atoms with Gasteiger partial charge in [0.2, 0.25) is 5.91 Å². The number of benzene rings is 1. The summed E-state index contributed by atoms with van der Waals surface area (Å²) in [5, 5.41) is 16.4. The van der Waals surface area contributed by atoms with Gasteiger partial charge in [0.1, 0.15) is 0 Å². The first-order valence-electron chi connectivity index (χ1n) is 8.25. The lowest BCUT2D eigenvalue weighted by Gasteiger charge is -2.10. The van der Waals surface area contributed by atoms with E-state index in [0.29, 0.717) is 5.56 Å². The van der Waals surface area contributed by atoms with Crippen molar-refractivity contribution >= 4 is 23.0 Å². The third-order valence-corrected chi connectivity index (χ3v) is 5.12. The highest BCUT2D eigenvalue weighted by Crippen LogP contribution is 2.23. The lowest BCUT2D eigenvalue weighted by atomic mass is 10.0. The quantitative estimate of drug-likeness (QED) is 0.760. The Morgan fingerprint density at radius 3 is 2.79 bits per heavy atom. The van der Waals surface area contributed by atoms with Crippen LogP contribution in [0.5, 0.6) is 0 Å². The summed E-state index contributed by atoms with van der Waals surface area (Å²) in [6.07, 6.45) is 2.93. The standard InChI is InChI=1S/C19H21NO3S/c21-17(15-5-4-13-2-1-3-14(13)10-15)6-7-19(23)20-11-18(22)16-8-9-24-12-16/h4-5,8-10,12,18,22H,1-3,6-7,11H2,(H,20,23). The zero-order valence-electron chi connectivity index (χ0n) is 13.5. The maximum atomic E-state index is 12.2. The minimum Gasteiger partial charge on any atom is -0.387 e. The summed E-state index contributed by atoms with van der Waals surface area (Å²) < 4.78 is 0. The Hall–Kier alpha value is -1.98. The van der Waals surface area contributed by atoms with Crippen LogP contribution < -0.4 is 5.32 Å². The number of amides is 1. The summed E-state index contributed by atoms with van der Waals surface area (Å²) in [5.74, 6) is -0.211. The number of carbonyl (C=O) groups excluding carboxylic acids is 2. The Labute approximate surface area is 145 Å². The van der Waals surface area contributed by atoms with Crippen LogP contribution in [0, 0.1) is 0 Å². The molecule has 0 saturated carbocycles. The molecule has 1 aliphatic carbocycles. The third-order valence-electron chi connectivity index (χ3n) is 4.42. The summed E-state index contributed by atoms with van der Waals surface area (Å²) in [6.45, 7) is 0.169. The predicted octanol–water partition coefficient (Wildman–Crippen LogP) is 3.05. The van der Waals surface area contributed by atoms with Crippen molar-refractivity contribution in [1.82, 2.24) is 5.32 Å². The molecule has 1 atom stereocenters. The lowest BCUT2D eigenvalue weighted by molar-refractivity contribution is -0.121. The molecule has 1 amide bonds. The Kier molecular flexibility index (Phi) is 5.43. The average molecular weight is 343 g/mol. The van der Waals surface area contributed by atoms with Gasteiger partial charge >= 0.3 is 0 Å².